The molecule has 134 valence electrons. The summed E-state index contributed by atoms with van der Waals surface area (Å²) in [5.74, 6) is 0.437. The molecule has 1 aromatic rings. The van der Waals surface area contributed by atoms with E-state index < -0.39 is 0 Å². The lowest BCUT2D eigenvalue weighted by Gasteiger charge is -2.10. The number of nitrogens with one attached hydrogen (secondary N) is 1. The van der Waals surface area contributed by atoms with E-state index in [1.165, 1.54) is 6.42 Å². The van der Waals surface area contributed by atoms with Crippen LogP contribution in [0.25, 0.3) is 6.08 Å². The summed E-state index contributed by atoms with van der Waals surface area (Å²) in [7, 11) is 0. The molecule has 1 aliphatic heterocycles. The summed E-state index contributed by atoms with van der Waals surface area (Å²) in [6.07, 6.45) is 6.99. The van der Waals surface area contributed by atoms with Gasteiger partial charge in [0.2, 0.25) is 0 Å². The van der Waals surface area contributed by atoms with Gasteiger partial charge in [-0.05, 0) is 43.0 Å². The van der Waals surface area contributed by atoms with Crippen LogP contribution in [-0.2, 0) is 9.53 Å². The highest BCUT2D eigenvalue weighted by molar-refractivity contribution is 6.01. The maximum atomic E-state index is 12.1. The molecule has 0 saturated carbocycles. The molecule has 1 atom stereocenters. The van der Waals surface area contributed by atoms with Gasteiger partial charge in [-0.2, -0.15) is 5.26 Å². The number of carbonyl (C=O) groups excluding carboxylic acids is 1. The van der Waals surface area contributed by atoms with Gasteiger partial charge in [-0.1, -0.05) is 31.9 Å². The molecule has 0 aromatic heterocycles. The molecule has 1 heterocycles. The number of carbonyl (C=O) groups is 1. The third kappa shape index (κ3) is 6.60. The van der Waals surface area contributed by atoms with Crippen LogP contribution < -0.4 is 10.1 Å². The summed E-state index contributed by atoms with van der Waals surface area (Å²) in [6, 6.07) is 9.38. The average molecular weight is 342 g/mol. The molecule has 1 amide bonds. The van der Waals surface area contributed by atoms with Crippen molar-refractivity contribution in [3.63, 3.8) is 0 Å². The van der Waals surface area contributed by atoms with E-state index in [9.17, 15) is 10.1 Å². The molecule has 0 bridgehead atoms. The molecule has 1 aliphatic rings. The van der Waals surface area contributed by atoms with Crippen LogP contribution in [0.5, 0.6) is 5.75 Å². The third-order valence-corrected chi connectivity index (χ3v) is 4.09. The van der Waals surface area contributed by atoms with Crippen LogP contribution in [0.3, 0.4) is 0 Å². The Morgan fingerprint density at radius 1 is 1.40 bits per heavy atom. The van der Waals surface area contributed by atoms with Crippen molar-refractivity contribution in [1.29, 1.82) is 5.26 Å². The molecule has 0 radical (unpaired) electrons. The zero-order valence-electron chi connectivity index (χ0n) is 14.8. The van der Waals surface area contributed by atoms with Crippen LogP contribution in [0, 0.1) is 11.3 Å². The molecule has 1 fully saturated rings. The Morgan fingerprint density at radius 3 is 2.84 bits per heavy atom. The molecule has 0 spiro atoms. The van der Waals surface area contributed by atoms with Crippen LogP contribution in [0.15, 0.2) is 29.8 Å². The van der Waals surface area contributed by atoms with Crippen LogP contribution in [0.4, 0.5) is 0 Å². The van der Waals surface area contributed by atoms with Crippen molar-refractivity contribution in [3.05, 3.63) is 35.4 Å². The van der Waals surface area contributed by atoms with Gasteiger partial charge in [0.1, 0.15) is 17.4 Å². The first-order valence-corrected chi connectivity index (χ1v) is 8.97. The van der Waals surface area contributed by atoms with Gasteiger partial charge in [0.05, 0.1) is 12.7 Å². The Labute approximate surface area is 149 Å². The Hall–Kier alpha value is -2.32. The van der Waals surface area contributed by atoms with E-state index in [0.29, 0.717) is 13.2 Å². The summed E-state index contributed by atoms with van der Waals surface area (Å²) >= 11 is 0. The van der Waals surface area contributed by atoms with Crippen molar-refractivity contribution in [2.45, 2.75) is 45.1 Å². The molecular formula is C20H26N2O3. The average Bonchev–Trinajstić information content (AvgIpc) is 3.16. The van der Waals surface area contributed by atoms with Gasteiger partial charge in [-0.15, -0.1) is 0 Å². The number of unbranched alkanes of at least 4 members (excludes halogenated alkanes) is 2. The summed E-state index contributed by atoms with van der Waals surface area (Å²) in [6.45, 7) is 4.06. The fourth-order valence-corrected chi connectivity index (χ4v) is 2.62. The number of hydrogen-bond acceptors (Lipinski definition) is 4. The number of nitriles is 1. The van der Waals surface area contributed by atoms with Gasteiger partial charge >= 0.3 is 0 Å². The highest BCUT2D eigenvalue weighted by atomic mass is 16.5. The number of ether oxygens (including phenoxy) is 2. The number of hydrogen-bond donors (Lipinski definition) is 1. The zero-order valence-corrected chi connectivity index (χ0v) is 14.8. The van der Waals surface area contributed by atoms with E-state index in [1.807, 2.05) is 30.3 Å². The lowest BCUT2D eigenvalue weighted by atomic mass is 10.1. The van der Waals surface area contributed by atoms with E-state index >= 15 is 0 Å². The van der Waals surface area contributed by atoms with Crippen molar-refractivity contribution in [3.8, 4) is 11.8 Å². The largest absolute Gasteiger partial charge is 0.494 e. The monoisotopic (exact) mass is 342 g/mol. The lowest BCUT2D eigenvalue weighted by molar-refractivity contribution is -0.117. The Morgan fingerprint density at radius 2 is 2.20 bits per heavy atom. The van der Waals surface area contributed by atoms with E-state index in [1.54, 1.807) is 6.08 Å². The van der Waals surface area contributed by atoms with Gasteiger partial charge in [0.25, 0.3) is 5.91 Å². The summed E-state index contributed by atoms with van der Waals surface area (Å²) < 4.78 is 11.1. The molecule has 1 N–H and O–H groups in total. The molecule has 1 saturated heterocycles. The van der Waals surface area contributed by atoms with E-state index in [2.05, 4.69) is 12.2 Å². The first-order chi connectivity index (χ1) is 12.2. The minimum atomic E-state index is -0.363. The zero-order chi connectivity index (χ0) is 17.9. The fourth-order valence-electron chi connectivity index (χ4n) is 2.62. The number of nitrogens with zero attached hydrogens (tertiary/aromatic N) is 1. The third-order valence-electron chi connectivity index (χ3n) is 4.09. The molecule has 5 heteroatoms. The Balaban J connectivity index is 1.87. The molecular weight excluding hydrogens is 316 g/mol. The highest BCUT2D eigenvalue weighted by Crippen LogP contribution is 2.15. The van der Waals surface area contributed by atoms with Gasteiger partial charge in [0, 0.05) is 13.2 Å². The second-order valence-corrected chi connectivity index (χ2v) is 6.14. The second-order valence-electron chi connectivity index (χ2n) is 6.14. The van der Waals surface area contributed by atoms with Crippen molar-refractivity contribution >= 4 is 12.0 Å². The summed E-state index contributed by atoms with van der Waals surface area (Å²) in [5, 5.41) is 12.0. The standard InChI is InChI=1S/C20H26N2O3/c1-2-3-4-11-24-18-9-7-16(8-10-18)13-17(14-21)20(23)22-15-19-6-5-12-25-19/h7-10,13,19H,2-6,11-12,15H2,1H3,(H,22,23). The molecule has 2 rings (SSSR count). The predicted molar refractivity (Wildman–Crippen MR) is 97.0 cm³/mol. The predicted octanol–water partition coefficient (Wildman–Crippen LogP) is 3.46. The summed E-state index contributed by atoms with van der Waals surface area (Å²) in [4.78, 5) is 12.1. The Bertz CT molecular complexity index is 611. The number of amides is 1. The highest BCUT2D eigenvalue weighted by Gasteiger charge is 2.17. The Kier molecular flexibility index (Phi) is 8.00. The maximum absolute atomic E-state index is 12.1. The first kappa shape index (κ1) is 19.0. The van der Waals surface area contributed by atoms with Gasteiger partial charge < -0.3 is 14.8 Å². The normalized spacial score (nSPS) is 17.1. The smallest absolute Gasteiger partial charge is 0.262 e. The second kappa shape index (κ2) is 10.5. The number of benzene rings is 1. The van der Waals surface area contributed by atoms with Crippen molar-refractivity contribution in [2.24, 2.45) is 0 Å². The summed E-state index contributed by atoms with van der Waals surface area (Å²) in [5.41, 5.74) is 0.888. The SMILES string of the molecule is CCCCCOc1ccc(C=C(C#N)C(=O)NCC2CCCO2)cc1. The van der Waals surface area contributed by atoms with E-state index in [0.717, 1.165) is 43.6 Å². The lowest BCUT2D eigenvalue weighted by Crippen LogP contribution is -2.32. The molecule has 5 nitrogen and oxygen atoms in total. The van der Waals surface area contributed by atoms with Crippen molar-refractivity contribution in [2.75, 3.05) is 19.8 Å². The van der Waals surface area contributed by atoms with Gasteiger partial charge in [-0.25, -0.2) is 0 Å². The molecule has 25 heavy (non-hydrogen) atoms. The molecule has 1 unspecified atom stereocenters. The fraction of sp³-hybridized carbons (Fsp3) is 0.500. The van der Waals surface area contributed by atoms with Crippen LogP contribution >= 0.6 is 0 Å². The maximum Gasteiger partial charge on any atom is 0.262 e. The minimum absolute atomic E-state index is 0.0630. The van der Waals surface area contributed by atoms with E-state index in [4.69, 9.17) is 9.47 Å². The quantitative estimate of drug-likeness (QED) is 0.424. The molecule has 0 aliphatic carbocycles. The first-order valence-electron chi connectivity index (χ1n) is 8.97. The van der Waals surface area contributed by atoms with Gasteiger partial charge in [0.15, 0.2) is 0 Å². The van der Waals surface area contributed by atoms with Gasteiger partial charge in [-0.3, -0.25) is 4.79 Å². The van der Waals surface area contributed by atoms with E-state index in [-0.39, 0.29) is 17.6 Å². The van der Waals surface area contributed by atoms with Crippen LogP contribution in [0.1, 0.15) is 44.6 Å². The molecule has 1 aromatic carbocycles. The van der Waals surface area contributed by atoms with Crippen molar-refractivity contribution in [1.82, 2.24) is 5.32 Å². The van der Waals surface area contributed by atoms with Crippen molar-refractivity contribution < 1.29 is 14.3 Å². The van der Waals surface area contributed by atoms with Crippen LogP contribution in [-0.4, -0.2) is 31.8 Å². The number of rotatable bonds is 9. The minimum Gasteiger partial charge on any atom is -0.494 e. The van der Waals surface area contributed by atoms with Crippen LogP contribution in [0.2, 0.25) is 0 Å². The topological polar surface area (TPSA) is 71.3 Å².